The third-order valence-electron chi connectivity index (χ3n) is 2.26. The van der Waals surface area contributed by atoms with Crippen LogP contribution in [0.1, 0.15) is 13.3 Å². The van der Waals surface area contributed by atoms with Crippen molar-refractivity contribution in [3.05, 3.63) is 30.3 Å². The van der Waals surface area contributed by atoms with Gasteiger partial charge in [-0.1, -0.05) is 31.8 Å². The van der Waals surface area contributed by atoms with E-state index in [9.17, 15) is 4.79 Å². The number of thioether (sulfide) groups is 1. The molecule has 1 rings (SSSR count). The van der Waals surface area contributed by atoms with Crippen molar-refractivity contribution in [2.75, 3.05) is 0 Å². The highest BCUT2D eigenvalue weighted by Gasteiger charge is 2.18. The van der Waals surface area contributed by atoms with Crippen LogP contribution in [0.3, 0.4) is 0 Å². The minimum absolute atomic E-state index is 0.275. The molecule has 0 spiro atoms. The summed E-state index contributed by atoms with van der Waals surface area (Å²) in [6, 6.07) is 10.3. The lowest BCUT2D eigenvalue weighted by atomic mass is 9.51. The van der Waals surface area contributed by atoms with Crippen molar-refractivity contribution in [1.29, 1.82) is 0 Å². The Morgan fingerprint density at radius 2 is 1.93 bits per heavy atom. The standard InChI is InChI=1S/C12H17BOS/c1-10(14)9-12(13(2)3)15-11-7-5-4-6-8-11/h4-8,12H,9H2,1-3H3. The molecule has 0 heterocycles. The first-order valence-electron chi connectivity index (χ1n) is 5.30. The van der Waals surface area contributed by atoms with Gasteiger partial charge in [-0.25, -0.2) is 0 Å². The maximum atomic E-state index is 11.1. The van der Waals surface area contributed by atoms with E-state index in [1.807, 2.05) is 18.2 Å². The van der Waals surface area contributed by atoms with Gasteiger partial charge in [-0.2, -0.15) is 0 Å². The molecule has 80 valence electrons. The molecule has 1 nitrogen and oxygen atoms in total. The Labute approximate surface area is 96.7 Å². The molecule has 0 aliphatic heterocycles. The van der Waals surface area contributed by atoms with Crippen molar-refractivity contribution in [2.24, 2.45) is 0 Å². The van der Waals surface area contributed by atoms with Crippen molar-refractivity contribution in [1.82, 2.24) is 0 Å². The lowest BCUT2D eigenvalue weighted by molar-refractivity contribution is -0.116. The van der Waals surface area contributed by atoms with Gasteiger partial charge in [0.15, 0.2) is 0 Å². The van der Waals surface area contributed by atoms with E-state index in [0.717, 1.165) is 0 Å². The van der Waals surface area contributed by atoms with Gasteiger partial charge in [0, 0.05) is 11.3 Å². The second-order valence-corrected chi connectivity index (χ2v) is 5.43. The average Bonchev–Trinajstić information content (AvgIpc) is 2.17. The van der Waals surface area contributed by atoms with E-state index in [0.29, 0.717) is 18.3 Å². The summed E-state index contributed by atoms with van der Waals surface area (Å²) in [4.78, 5) is 12.4. The van der Waals surface area contributed by atoms with Crippen molar-refractivity contribution in [3.63, 3.8) is 0 Å². The average molecular weight is 220 g/mol. The monoisotopic (exact) mass is 220 g/mol. The summed E-state index contributed by atoms with van der Waals surface area (Å²) in [7, 11) is 0. The first-order valence-corrected chi connectivity index (χ1v) is 6.18. The minimum atomic E-state index is 0.275. The molecule has 0 bridgehead atoms. The lowest BCUT2D eigenvalue weighted by Gasteiger charge is -2.16. The molecular formula is C12H17BOS. The van der Waals surface area contributed by atoms with Crippen LogP contribution in [0.5, 0.6) is 0 Å². The quantitative estimate of drug-likeness (QED) is 0.558. The fourth-order valence-corrected chi connectivity index (χ4v) is 2.62. The van der Waals surface area contributed by atoms with E-state index in [2.05, 4.69) is 25.8 Å². The Balaban J connectivity index is 2.63. The van der Waals surface area contributed by atoms with E-state index in [1.54, 1.807) is 18.7 Å². The molecule has 1 aromatic carbocycles. The van der Waals surface area contributed by atoms with Gasteiger partial charge in [-0.05, 0) is 24.2 Å². The molecule has 0 aliphatic carbocycles. The number of rotatable bonds is 5. The number of benzene rings is 1. The van der Waals surface area contributed by atoms with Crippen LogP contribution >= 0.6 is 11.8 Å². The summed E-state index contributed by atoms with van der Waals surface area (Å²) >= 11 is 1.80. The largest absolute Gasteiger partial charge is 0.300 e. The third kappa shape index (κ3) is 4.56. The van der Waals surface area contributed by atoms with E-state index in [1.165, 1.54) is 4.90 Å². The molecule has 0 fully saturated rings. The normalized spacial score (nSPS) is 12.2. The number of hydrogen-bond acceptors (Lipinski definition) is 2. The smallest absolute Gasteiger partial charge is 0.150 e. The first-order chi connectivity index (χ1) is 7.09. The van der Waals surface area contributed by atoms with Gasteiger partial charge in [0.2, 0.25) is 0 Å². The number of carbonyl (C=O) groups is 1. The van der Waals surface area contributed by atoms with Crippen LogP contribution in [-0.4, -0.2) is 17.6 Å². The summed E-state index contributed by atoms with van der Waals surface area (Å²) in [6.07, 6.45) is 0.664. The molecule has 0 amide bonds. The maximum Gasteiger partial charge on any atom is 0.150 e. The van der Waals surface area contributed by atoms with Crippen molar-refractivity contribution in [2.45, 2.75) is 37.0 Å². The molecule has 0 N–H and O–H groups in total. The van der Waals surface area contributed by atoms with Gasteiger partial charge >= 0.3 is 0 Å². The number of Topliss-reactive ketones (excluding diaryl/α,β-unsaturated/α-hetero) is 1. The van der Waals surface area contributed by atoms with Crippen LogP contribution < -0.4 is 0 Å². The second-order valence-electron chi connectivity index (χ2n) is 4.12. The predicted molar refractivity (Wildman–Crippen MR) is 68.9 cm³/mol. The minimum Gasteiger partial charge on any atom is -0.300 e. The van der Waals surface area contributed by atoms with Crippen LogP contribution in [-0.2, 0) is 4.79 Å². The Morgan fingerprint density at radius 3 is 2.40 bits per heavy atom. The summed E-state index contributed by atoms with van der Waals surface area (Å²) < 4.78 is 0. The Kier molecular flexibility index (Phi) is 4.96. The van der Waals surface area contributed by atoms with Gasteiger partial charge in [0.1, 0.15) is 12.5 Å². The molecule has 0 aliphatic rings. The van der Waals surface area contributed by atoms with Crippen LogP contribution in [0, 0.1) is 0 Å². The van der Waals surface area contributed by atoms with E-state index >= 15 is 0 Å². The highest BCUT2D eigenvalue weighted by Crippen LogP contribution is 2.27. The van der Waals surface area contributed by atoms with Crippen LogP contribution in [0.25, 0.3) is 0 Å². The number of ketones is 1. The molecule has 0 aromatic heterocycles. The maximum absolute atomic E-state index is 11.1. The molecule has 0 saturated carbocycles. The molecular weight excluding hydrogens is 203 g/mol. The molecule has 0 radical (unpaired) electrons. The lowest BCUT2D eigenvalue weighted by Crippen LogP contribution is -2.23. The van der Waals surface area contributed by atoms with E-state index < -0.39 is 0 Å². The van der Waals surface area contributed by atoms with Crippen molar-refractivity contribution in [3.8, 4) is 0 Å². The SMILES string of the molecule is CB(C)C(CC(C)=O)Sc1ccccc1. The Bertz CT molecular complexity index is 311. The fraction of sp³-hybridized carbons (Fsp3) is 0.417. The molecule has 0 saturated heterocycles. The molecule has 1 aromatic rings. The predicted octanol–water partition coefficient (Wildman–Crippen LogP) is 3.42. The summed E-state index contributed by atoms with van der Waals surface area (Å²) in [5.74, 6) is 0.275. The van der Waals surface area contributed by atoms with Gasteiger partial charge in [-0.15, -0.1) is 11.8 Å². The second kappa shape index (κ2) is 6.01. The van der Waals surface area contributed by atoms with Gasteiger partial charge < -0.3 is 4.79 Å². The molecule has 3 heteroatoms. The summed E-state index contributed by atoms with van der Waals surface area (Å²) in [5.41, 5.74) is 0. The van der Waals surface area contributed by atoms with Gasteiger partial charge in [0.05, 0.1) is 0 Å². The Morgan fingerprint density at radius 1 is 1.33 bits per heavy atom. The fourth-order valence-electron chi connectivity index (χ4n) is 1.37. The molecule has 1 atom stereocenters. The molecule has 15 heavy (non-hydrogen) atoms. The zero-order chi connectivity index (χ0) is 11.3. The highest BCUT2D eigenvalue weighted by molar-refractivity contribution is 8.01. The topological polar surface area (TPSA) is 17.1 Å². The zero-order valence-electron chi connectivity index (χ0n) is 9.57. The van der Waals surface area contributed by atoms with Crippen molar-refractivity contribution >= 4 is 24.3 Å². The highest BCUT2D eigenvalue weighted by atomic mass is 32.2. The van der Waals surface area contributed by atoms with Gasteiger partial charge in [-0.3, -0.25) is 0 Å². The number of carbonyl (C=O) groups excluding carboxylic acids is 1. The van der Waals surface area contributed by atoms with Gasteiger partial charge in [0.25, 0.3) is 0 Å². The Hall–Kier alpha value is -0.695. The van der Waals surface area contributed by atoms with Crippen LogP contribution in [0.2, 0.25) is 13.6 Å². The first kappa shape index (κ1) is 12.4. The summed E-state index contributed by atoms with van der Waals surface area (Å²) in [5, 5.41) is 0.393. The van der Waals surface area contributed by atoms with Crippen LogP contribution in [0.15, 0.2) is 35.2 Å². The zero-order valence-corrected chi connectivity index (χ0v) is 10.4. The number of hydrogen-bond donors (Lipinski definition) is 0. The third-order valence-corrected chi connectivity index (χ3v) is 3.82. The van der Waals surface area contributed by atoms with Crippen LogP contribution in [0.4, 0.5) is 0 Å². The van der Waals surface area contributed by atoms with Crippen molar-refractivity contribution < 1.29 is 4.79 Å². The van der Waals surface area contributed by atoms with E-state index in [-0.39, 0.29) is 5.78 Å². The van der Waals surface area contributed by atoms with E-state index in [4.69, 9.17) is 0 Å². The molecule has 1 unspecified atom stereocenters. The summed E-state index contributed by atoms with van der Waals surface area (Å²) in [6.45, 7) is 6.53.